The number of pyridine rings is 1. The molecule has 3 aromatic heterocycles. The van der Waals surface area contributed by atoms with Gasteiger partial charge in [0.25, 0.3) is 11.6 Å². The summed E-state index contributed by atoms with van der Waals surface area (Å²) in [6.45, 7) is 5.39. The van der Waals surface area contributed by atoms with Crippen LogP contribution in [0.15, 0.2) is 39.3 Å². The topological polar surface area (TPSA) is 90.4 Å². The Labute approximate surface area is 165 Å². The van der Waals surface area contributed by atoms with Gasteiger partial charge in [0.1, 0.15) is 23.1 Å². The van der Waals surface area contributed by atoms with Gasteiger partial charge in [0, 0.05) is 11.6 Å². The summed E-state index contributed by atoms with van der Waals surface area (Å²) < 4.78 is 29.5. The SMILES string of the molecule is COc1cc(F)ccc1NC(=O)c1cc(-c2cc(C)oc2C)nc2onc(C)c12. The molecule has 1 N–H and O–H groups in total. The van der Waals surface area contributed by atoms with E-state index in [1.807, 2.05) is 19.9 Å². The molecular formula is C21H18FN3O4. The lowest BCUT2D eigenvalue weighted by atomic mass is 10.1. The van der Waals surface area contributed by atoms with Gasteiger partial charge in [0.15, 0.2) is 0 Å². The molecule has 29 heavy (non-hydrogen) atoms. The van der Waals surface area contributed by atoms with Crippen LogP contribution in [-0.4, -0.2) is 23.2 Å². The fourth-order valence-electron chi connectivity index (χ4n) is 3.25. The minimum atomic E-state index is -0.464. The van der Waals surface area contributed by atoms with E-state index in [2.05, 4.69) is 15.5 Å². The van der Waals surface area contributed by atoms with Gasteiger partial charge >= 0.3 is 0 Å². The lowest BCUT2D eigenvalue weighted by Gasteiger charge is -2.11. The molecule has 0 saturated heterocycles. The summed E-state index contributed by atoms with van der Waals surface area (Å²) >= 11 is 0. The number of benzene rings is 1. The van der Waals surface area contributed by atoms with Crippen LogP contribution in [0.5, 0.6) is 5.75 Å². The Morgan fingerprint density at radius 1 is 1.17 bits per heavy atom. The number of rotatable bonds is 4. The van der Waals surface area contributed by atoms with Crippen molar-refractivity contribution in [3.63, 3.8) is 0 Å². The zero-order valence-electron chi connectivity index (χ0n) is 16.3. The number of halogens is 1. The van der Waals surface area contributed by atoms with Crippen LogP contribution in [0.2, 0.25) is 0 Å². The first-order chi connectivity index (χ1) is 13.9. The molecule has 4 rings (SSSR count). The summed E-state index contributed by atoms with van der Waals surface area (Å²) in [4.78, 5) is 17.6. The molecule has 7 nitrogen and oxygen atoms in total. The smallest absolute Gasteiger partial charge is 0.259 e. The fraction of sp³-hybridized carbons (Fsp3) is 0.190. The van der Waals surface area contributed by atoms with Crippen molar-refractivity contribution in [3.05, 3.63) is 58.9 Å². The van der Waals surface area contributed by atoms with E-state index in [0.717, 1.165) is 11.3 Å². The normalized spacial score (nSPS) is 11.1. The number of methoxy groups -OCH3 is 1. The van der Waals surface area contributed by atoms with Crippen LogP contribution >= 0.6 is 0 Å². The Bertz CT molecular complexity index is 1240. The summed E-state index contributed by atoms with van der Waals surface area (Å²) in [5.74, 6) is 0.737. The van der Waals surface area contributed by atoms with Crippen molar-refractivity contribution in [3.8, 4) is 17.0 Å². The van der Waals surface area contributed by atoms with Gasteiger partial charge in [0.2, 0.25) is 0 Å². The van der Waals surface area contributed by atoms with E-state index < -0.39 is 11.7 Å². The van der Waals surface area contributed by atoms with Crippen LogP contribution in [0.1, 0.15) is 27.6 Å². The number of carbonyl (C=O) groups is 1. The predicted octanol–water partition coefficient (Wildman–Crippen LogP) is 4.81. The van der Waals surface area contributed by atoms with Crippen molar-refractivity contribution in [1.29, 1.82) is 0 Å². The minimum Gasteiger partial charge on any atom is -0.494 e. The van der Waals surface area contributed by atoms with E-state index >= 15 is 0 Å². The number of furan rings is 1. The average molecular weight is 395 g/mol. The third-order valence-electron chi connectivity index (χ3n) is 4.59. The molecule has 148 valence electrons. The molecule has 0 aliphatic rings. The molecule has 0 radical (unpaired) electrons. The third kappa shape index (κ3) is 3.33. The van der Waals surface area contributed by atoms with Gasteiger partial charge in [-0.25, -0.2) is 9.37 Å². The highest BCUT2D eigenvalue weighted by molar-refractivity contribution is 6.13. The van der Waals surface area contributed by atoms with E-state index in [9.17, 15) is 9.18 Å². The fourth-order valence-corrected chi connectivity index (χ4v) is 3.25. The van der Waals surface area contributed by atoms with Gasteiger partial charge in [-0.1, -0.05) is 5.16 Å². The van der Waals surface area contributed by atoms with E-state index in [1.54, 1.807) is 13.0 Å². The van der Waals surface area contributed by atoms with Gasteiger partial charge in [-0.05, 0) is 45.0 Å². The molecule has 1 amide bonds. The Morgan fingerprint density at radius 2 is 1.97 bits per heavy atom. The van der Waals surface area contributed by atoms with E-state index in [-0.39, 0.29) is 11.5 Å². The van der Waals surface area contributed by atoms with Gasteiger partial charge in [-0.2, -0.15) is 0 Å². The third-order valence-corrected chi connectivity index (χ3v) is 4.59. The minimum absolute atomic E-state index is 0.215. The molecule has 0 fully saturated rings. The van der Waals surface area contributed by atoms with Crippen molar-refractivity contribution < 1.29 is 22.9 Å². The molecule has 0 saturated carbocycles. The molecule has 4 aromatic rings. The highest BCUT2D eigenvalue weighted by Gasteiger charge is 2.22. The summed E-state index contributed by atoms with van der Waals surface area (Å²) in [7, 11) is 1.40. The summed E-state index contributed by atoms with van der Waals surface area (Å²) in [5, 5.41) is 7.20. The van der Waals surface area contributed by atoms with Crippen molar-refractivity contribution in [2.75, 3.05) is 12.4 Å². The Morgan fingerprint density at radius 3 is 2.66 bits per heavy atom. The molecular weight excluding hydrogens is 377 g/mol. The lowest BCUT2D eigenvalue weighted by molar-refractivity contribution is 0.102. The molecule has 0 bridgehead atoms. The highest BCUT2D eigenvalue weighted by atomic mass is 19.1. The Hall–Kier alpha value is -3.68. The highest BCUT2D eigenvalue weighted by Crippen LogP contribution is 2.32. The second kappa shape index (κ2) is 7.05. The van der Waals surface area contributed by atoms with Crippen LogP contribution in [0.4, 0.5) is 10.1 Å². The van der Waals surface area contributed by atoms with Crippen molar-refractivity contribution in [2.24, 2.45) is 0 Å². The number of nitrogens with one attached hydrogen (secondary N) is 1. The first-order valence-corrected chi connectivity index (χ1v) is 8.86. The average Bonchev–Trinajstić information content (AvgIpc) is 3.23. The number of hydrogen-bond donors (Lipinski definition) is 1. The van der Waals surface area contributed by atoms with Crippen molar-refractivity contribution in [1.82, 2.24) is 10.1 Å². The zero-order valence-corrected chi connectivity index (χ0v) is 16.3. The van der Waals surface area contributed by atoms with Crippen molar-refractivity contribution >= 4 is 22.7 Å². The molecule has 8 heteroatoms. The molecule has 0 unspecified atom stereocenters. The Balaban J connectivity index is 1.83. The number of carbonyl (C=O) groups excluding carboxylic acids is 1. The van der Waals surface area contributed by atoms with Crippen LogP contribution < -0.4 is 10.1 Å². The van der Waals surface area contributed by atoms with Gasteiger partial charge in [-0.15, -0.1) is 0 Å². The second-order valence-electron chi connectivity index (χ2n) is 6.63. The first-order valence-electron chi connectivity index (χ1n) is 8.86. The maximum Gasteiger partial charge on any atom is 0.259 e. The molecule has 3 heterocycles. The summed E-state index contributed by atoms with van der Waals surface area (Å²) in [5.41, 5.74) is 2.74. The van der Waals surface area contributed by atoms with Gasteiger partial charge in [0.05, 0.1) is 35.1 Å². The number of anilines is 1. The van der Waals surface area contributed by atoms with Gasteiger partial charge in [-0.3, -0.25) is 4.79 Å². The van der Waals surface area contributed by atoms with Crippen LogP contribution in [-0.2, 0) is 0 Å². The lowest BCUT2D eigenvalue weighted by Crippen LogP contribution is -2.14. The summed E-state index contributed by atoms with van der Waals surface area (Å²) in [6, 6.07) is 7.39. The monoisotopic (exact) mass is 395 g/mol. The maximum absolute atomic E-state index is 13.5. The van der Waals surface area contributed by atoms with E-state index in [0.29, 0.717) is 33.8 Å². The summed E-state index contributed by atoms with van der Waals surface area (Å²) in [6.07, 6.45) is 0. The van der Waals surface area contributed by atoms with Gasteiger partial charge < -0.3 is 19.0 Å². The van der Waals surface area contributed by atoms with E-state index in [1.165, 1.54) is 25.3 Å². The Kier molecular flexibility index (Phi) is 4.54. The first kappa shape index (κ1) is 18.7. The molecule has 0 aliphatic heterocycles. The number of aryl methyl sites for hydroxylation is 3. The van der Waals surface area contributed by atoms with Crippen LogP contribution in [0.3, 0.4) is 0 Å². The second-order valence-corrected chi connectivity index (χ2v) is 6.63. The number of ether oxygens (including phenoxy) is 1. The molecule has 0 atom stereocenters. The molecule has 0 spiro atoms. The standard InChI is InChI=1S/C21H18FN3O4/c1-10-7-14(12(3)28-10)17-9-15(19-11(2)25-29-21(19)24-17)20(26)23-16-6-5-13(22)8-18(16)27-4/h5-9H,1-4H3,(H,23,26). The van der Waals surface area contributed by atoms with Crippen LogP contribution in [0.25, 0.3) is 22.4 Å². The number of fused-ring (bicyclic) bond motifs is 1. The quantitative estimate of drug-likeness (QED) is 0.533. The van der Waals surface area contributed by atoms with Crippen LogP contribution in [0, 0.1) is 26.6 Å². The molecule has 0 aliphatic carbocycles. The number of aromatic nitrogens is 2. The zero-order chi connectivity index (χ0) is 20.7. The molecule has 1 aromatic carbocycles. The predicted molar refractivity (Wildman–Crippen MR) is 105 cm³/mol. The number of amides is 1. The number of nitrogens with zero attached hydrogens (tertiary/aromatic N) is 2. The maximum atomic E-state index is 13.5. The number of hydrogen-bond acceptors (Lipinski definition) is 6. The van der Waals surface area contributed by atoms with Crippen molar-refractivity contribution in [2.45, 2.75) is 20.8 Å². The van der Waals surface area contributed by atoms with E-state index in [4.69, 9.17) is 13.7 Å². The largest absolute Gasteiger partial charge is 0.494 e.